The lowest BCUT2D eigenvalue weighted by molar-refractivity contribution is 0.415. The Morgan fingerprint density at radius 3 is 2.65 bits per heavy atom. The minimum absolute atomic E-state index is 0.462. The van der Waals surface area contributed by atoms with Crippen molar-refractivity contribution in [2.24, 2.45) is 0 Å². The maximum absolute atomic E-state index is 9.59. The van der Waals surface area contributed by atoms with Crippen LogP contribution in [0.2, 0.25) is 0 Å². The summed E-state index contributed by atoms with van der Waals surface area (Å²) in [6.07, 6.45) is 3.04. The van der Waals surface area contributed by atoms with Gasteiger partial charge in [-0.15, -0.1) is 0 Å². The fourth-order valence-corrected chi connectivity index (χ4v) is 3.02. The van der Waals surface area contributed by atoms with Gasteiger partial charge in [0.05, 0.1) is 18.5 Å². The van der Waals surface area contributed by atoms with E-state index in [-0.39, 0.29) is 0 Å². The molecule has 2 heterocycles. The standard InChI is InChI=1S/C18H20N4O/c1-22-10-4-3-5-14-16(20)15(11-19)17(21-18(14)22)12-6-8-13(23-2)9-7-12/h6-9H,3-5,10H2,1-2H3,(H2,20,21). The summed E-state index contributed by atoms with van der Waals surface area (Å²) in [6, 6.07) is 9.78. The molecule has 0 amide bonds. The Kier molecular flexibility index (Phi) is 4.07. The highest BCUT2D eigenvalue weighted by Gasteiger charge is 2.22. The number of benzene rings is 1. The first-order valence-corrected chi connectivity index (χ1v) is 7.73. The number of nitriles is 1. The highest BCUT2D eigenvalue weighted by molar-refractivity contribution is 5.80. The molecule has 1 aliphatic rings. The van der Waals surface area contributed by atoms with E-state index < -0.39 is 0 Å². The van der Waals surface area contributed by atoms with Crippen LogP contribution in [0.1, 0.15) is 24.0 Å². The molecule has 0 fully saturated rings. The van der Waals surface area contributed by atoms with E-state index in [9.17, 15) is 5.26 Å². The average molecular weight is 308 g/mol. The van der Waals surface area contributed by atoms with Crippen LogP contribution in [-0.2, 0) is 6.42 Å². The normalized spacial score (nSPS) is 13.9. The van der Waals surface area contributed by atoms with Gasteiger partial charge in [-0.2, -0.15) is 5.26 Å². The van der Waals surface area contributed by atoms with Crippen LogP contribution in [0.3, 0.4) is 0 Å². The van der Waals surface area contributed by atoms with Crippen LogP contribution in [0.5, 0.6) is 5.75 Å². The highest BCUT2D eigenvalue weighted by atomic mass is 16.5. The van der Waals surface area contributed by atoms with E-state index in [1.165, 1.54) is 0 Å². The summed E-state index contributed by atoms with van der Waals surface area (Å²) < 4.78 is 5.19. The molecule has 1 aromatic heterocycles. The maximum atomic E-state index is 9.59. The summed E-state index contributed by atoms with van der Waals surface area (Å²) in [4.78, 5) is 6.93. The number of hydrogen-bond acceptors (Lipinski definition) is 5. The summed E-state index contributed by atoms with van der Waals surface area (Å²) >= 11 is 0. The first kappa shape index (κ1) is 15.2. The van der Waals surface area contributed by atoms with Crippen molar-refractivity contribution in [3.63, 3.8) is 0 Å². The minimum Gasteiger partial charge on any atom is -0.497 e. The van der Waals surface area contributed by atoms with Crippen LogP contribution in [0.15, 0.2) is 24.3 Å². The van der Waals surface area contributed by atoms with Crippen LogP contribution in [0, 0.1) is 11.3 Å². The molecule has 23 heavy (non-hydrogen) atoms. The number of methoxy groups -OCH3 is 1. The third-order valence-electron chi connectivity index (χ3n) is 4.33. The van der Waals surface area contributed by atoms with Gasteiger partial charge in [0.2, 0.25) is 0 Å². The Labute approximate surface area is 136 Å². The molecule has 3 rings (SSSR count). The number of fused-ring (bicyclic) bond motifs is 1. The molecule has 1 aliphatic heterocycles. The molecular weight excluding hydrogens is 288 g/mol. The van der Waals surface area contributed by atoms with Gasteiger partial charge in [-0.25, -0.2) is 4.98 Å². The fraction of sp³-hybridized carbons (Fsp3) is 0.333. The molecule has 2 aromatic rings. The summed E-state index contributed by atoms with van der Waals surface area (Å²) in [5.74, 6) is 1.66. The van der Waals surface area contributed by atoms with Crippen LogP contribution in [0.25, 0.3) is 11.3 Å². The van der Waals surface area contributed by atoms with Gasteiger partial charge in [0.25, 0.3) is 0 Å². The summed E-state index contributed by atoms with van der Waals surface area (Å²) in [5.41, 5.74) is 9.86. The second-order valence-electron chi connectivity index (χ2n) is 5.77. The Hall–Kier alpha value is -2.74. The van der Waals surface area contributed by atoms with Crippen molar-refractivity contribution in [3.8, 4) is 23.1 Å². The molecule has 0 saturated carbocycles. The van der Waals surface area contributed by atoms with Crippen LogP contribution >= 0.6 is 0 Å². The van der Waals surface area contributed by atoms with E-state index in [4.69, 9.17) is 15.5 Å². The lowest BCUT2D eigenvalue weighted by Crippen LogP contribution is -2.20. The Morgan fingerprint density at radius 1 is 1.26 bits per heavy atom. The van der Waals surface area contributed by atoms with Gasteiger partial charge < -0.3 is 15.4 Å². The quantitative estimate of drug-likeness (QED) is 0.923. The van der Waals surface area contributed by atoms with Gasteiger partial charge >= 0.3 is 0 Å². The monoisotopic (exact) mass is 308 g/mol. The zero-order valence-corrected chi connectivity index (χ0v) is 13.5. The smallest absolute Gasteiger partial charge is 0.134 e. The number of pyridine rings is 1. The molecule has 0 spiro atoms. The van der Waals surface area contributed by atoms with Crippen LogP contribution in [-0.4, -0.2) is 25.7 Å². The molecular formula is C18H20N4O. The minimum atomic E-state index is 0.462. The number of nitrogens with zero attached hydrogens (tertiary/aromatic N) is 3. The molecule has 0 radical (unpaired) electrons. The molecule has 0 bridgehead atoms. The van der Waals surface area contributed by atoms with E-state index in [0.29, 0.717) is 16.9 Å². The second-order valence-corrected chi connectivity index (χ2v) is 5.77. The topological polar surface area (TPSA) is 75.2 Å². The SMILES string of the molecule is COc1ccc(-c2nc3c(c(N)c2C#N)CCCCN3C)cc1. The third-order valence-corrected chi connectivity index (χ3v) is 4.33. The van der Waals surface area contributed by atoms with Crippen molar-refractivity contribution in [1.82, 2.24) is 4.98 Å². The van der Waals surface area contributed by atoms with E-state index in [1.807, 2.05) is 31.3 Å². The van der Waals surface area contributed by atoms with Gasteiger partial charge in [-0.1, -0.05) is 0 Å². The van der Waals surface area contributed by atoms with E-state index in [1.54, 1.807) is 7.11 Å². The Bertz CT molecular complexity index is 762. The third kappa shape index (κ3) is 2.68. The molecule has 0 unspecified atom stereocenters. The molecule has 0 aliphatic carbocycles. The molecule has 118 valence electrons. The predicted octanol–water partition coefficient (Wildman–Crippen LogP) is 2.98. The zero-order chi connectivity index (χ0) is 16.4. The largest absolute Gasteiger partial charge is 0.497 e. The van der Waals surface area contributed by atoms with Crippen molar-refractivity contribution in [2.45, 2.75) is 19.3 Å². The van der Waals surface area contributed by atoms with Crippen LogP contribution in [0.4, 0.5) is 11.5 Å². The van der Waals surface area contributed by atoms with Crippen molar-refractivity contribution >= 4 is 11.5 Å². The summed E-state index contributed by atoms with van der Waals surface area (Å²) in [5, 5.41) is 9.59. The van der Waals surface area contributed by atoms with Gasteiger partial charge in [-0.3, -0.25) is 0 Å². The number of anilines is 2. The highest BCUT2D eigenvalue weighted by Crippen LogP contribution is 2.36. The van der Waals surface area contributed by atoms with Gasteiger partial charge in [-0.05, 0) is 43.5 Å². The summed E-state index contributed by atoms with van der Waals surface area (Å²) in [7, 11) is 3.66. The van der Waals surface area contributed by atoms with Crippen molar-refractivity contribution in [3.05, 3.63) is 35.4 Å². The second kappa shape index (κ2) is 6.17. The van der Waals surface area contributed by atoms with Gasteiger partial charge in [0.15, 0.2) is 0 Å². The van der Waals surface area contributed by atoms with Crippen LogP contribution < -0.4 is 15.4 Å². The van der Waals surface area contributed by atoms with Gasteiger partial charge in [0, 0.05) is 24.7 Å². The molecule has 0 saturated heterocycles. The van der Waals surface area contributed by atoms with E-state index >= 15 is 0 Å². The van der Waals surface area contributed by atoms with Crippen molar-refractivity contribution in [1.29, 1.82) is 5.26 Å². The number of aromatic nitrogens is 1. The predicted molar refractivity (Wildman–Crippen MR) is 91.6 cm³/mol. The molecule has 2 N–H and O–H groups in total. The molecule has 5 heteroatoms. The van der Waals surface area contributed by atoms with E-state index in [2.05, 4.69) is 11.0 Å². The van der Waals surface area contributed by atoms with Gasteiger partial charge in [0.1, 0.15) is 23.2 Å². The lowest BCUT2D eigenvalue weighted by Gasteiger charge is -2.21. The number of nitrogen functional groups attached to an aromatic ring is 1. The number of rotatable bonds is 2. The zero-order valence-electron chi connectivity index (χ0n) is 13.5. The average Bonchev–Trinajstić information content (AvgIpc) is 2.77. The first-order valence-electron chi connectivity index (χ1n) is 7.73. The molecule has 0 atom stereocenters. The summed E-state index contributed by atoms with van der Waals surface area (Å²) in [6.45, 7) is 0.952. The lowest BCUT2D eigenvalue weighted by atomic mass is 9.99. The van der Waals surface area contributed by atoms with Crippen molar-refractivity contribution < 1.29 is 4.74 Å². The molecule has 1 aromatic carbocycles. The van der Waals surface area contributed by atoms with E-state index in [0.717, 1.165) is 48.5 Å². The number of ether oxygens (including phenoxy) is 1. The fourth-order valence-electron chi connectivity index (χ4n) is 3.02. The Morgan fingerprint density at radius 2 is 2.00 bits per heavy atom. The number of hydrogen-bond donors (Lipinski definition) is 1. The first-order chi connectivity index (χ1) is 11.2. The van der Waals surface area contributed by atoms with Crippen molar-refractivity contribution in [2.75, 3.05) is 31.3 Å². The maximum Gasteiger partial charge on any atom is 0.134 e. The Balaban J connectivity index is 2.20. The number of nitrogens with two attached hydrogens (primary N) is 1. The molecule has 5 nitrogen and oxygen atoms in total.